The van der Waals surface area contributed by atoms with E-state index in [1.165, 1.54) is 0 Å². The summed E-state index contributed by atoms with van der Waals surface area (Å²) in [6, 6.07) is 0. The molecule has 1 unspecified atom stereocenters. The second kappa shape index (κ2) is 3.87. The number of nitrogens with two attached hydrogens (primary N) is 1. The van der Waals surface area contributed by atoms with Gasteiger partial charge in [-0.1, -0.05) is 13.8 Å². The Morgan fingerprint density at radius 3 is 2.00 bits per heavy atom. The fourth-order valence-corrected chi connectivity index (χ4v) is 0.344. The first-order valence-electron chi connectivity index (χ1n) is 3.00. The molecule has 0 aromatic heterocycles. The highest BCUT2D eigenvalue weighted by Crippen LogP contribution is 1.92. The summed E-state index contributed by atoms with van der Waals surface area (Å²) in [6.45, 7) is 6.80. The van der Waals surface area contributed by atoms with Crippen LogP contribution in [0.3, 0.4) is 0 Å². The second-order valence-corrected chi connectivity index (χ2v) is 2.43. The lowest BCUT2D eigenvalue weighted by Crippen LogP contribution is -2.21. The zero-order chi connectivity index (χ0) is 6.57. The van der Waals surface area contributed by atoms with Crippen LogP contribution in [0.4, 0.5) is 0 Å². The summed E-state index contributed by atoms with van der Waals surface area (Å²) < 4.78 is 5.08. The average Bonchev–Trinajstić information content (AvgIpc) is 1.61. The molecule has 0 radical (unpaired) electrons. The highest BCUT2D eigenvalue weighted by Gasteiger charge is 1.94. The van der Waals surface area contributed by atoms with Crippen molar-refractivity contribution in [2.45, 2.75) is 27.0 Å². The molecule has 0 rings (SSSR count). The first-order chi connectivity index (χ1) is 3.63. The van der Waals surface area contributed by atoms with Gasteiger partial charge in [0, 0.05) is 0 Å². The van der Waals surface area contributed by atoms with Gasteiger partial charge < -0.3 is 10.5 Å². The molecule has 1 atom stereocenters. The first kappa shape index (κ1) is 7.92. The van der Waals surface area contributed by atoms with Gasteiger partial charge in [-0.3, -0.25) is 0 Å². The van der Waals surface area contributed by atoms with Gasteiger partial charge >= 0.3 is 0 Å². The average molecular weight is 117 g/mol. The highest BCUT2D eigenvalue weighted by atomic mass is 16.5. The van der Waals surface area contributed by atoms with E-state index in [0.29, 0.717) is 5.92 Å². The van der Waals surface area contributed by atoms with E-state index in [1.807, 2.05) is 6.92 Å². The Balaban J connectivity index is 2.93. The van der Waals surface area contributed by atoms with Crippen LogP contribution in [0.1, 0.15) is 20.8 Å². The molecule has 2 N–H and O–H groups in total. The van der Waals surface area contributed by atoms with E-state index < -0.39 is 0 Å². The number of ether oxygens (including phenoxy) is 1. The van der Waals surface area contributed by atoms with E-state index in [9.17, 15) is 0 Å². The monoisotopic (exact) mass is 117 g/mol. The molecular formula is C6H15NO. The van der Waals surface area contributed by atoms with Crippen LogP contribution in [-0.2, 0) is 4.74 Å². The van der Waals surface area contributed by atoms with Gasteiger partial charge in [-0.2, -0.15) is 0 Å². The summed E-state index contributed by atoms with van der Waals surface area (Å²) in [4.78, 5) is 0. The van der Waals surface area contributed by atoms with Crippen molar-refractivity contribution in [3.63, 3.8) is 0 Å². The molecule has 2 nitrogen and oxygen atoms in total. The fraction of sp³-hybridized carbons (Fsp3) is 1.00. The third-order valence-corrected chi connectivity index (χ3v) is 0.692. The standard InChI is InChI=1S/C6H15NO/c1-5(2)4-8-6(3)7/h5-6H,4,7H2,1-3H3. The summed E-state index contributed by atoms with van der Waals surface area (Å²) in [5, 5.41) is 0. The molecule has 2 heteroatoms. The maximum Gasteiger partial charge on any atom is 0.102 e. The Morgan fingerprint density at radius 2 is 1.88 bits per heavy atom. The number of rotatable bonds is 3. The Morgan fingerprint density at radius 1 is 1.38 bits per heavy atom. The minimum Gasteiger partial charge on any atom is -0.364 e. The highest BCUT2D eigenvalue weighted by molar-refractivity contribution is 4.40. The quantitative estimate of drug-likeness (QED) is 0.559. The molecule has 0 aliphatic heterocycles. The van der Waals surface area contributed by atoms with Crippen molar-refractivity contribution >= 4 is 0 Å². The van der Waals surface area contributed by atoms with Crippen LogP contribution < -0.4 is 5.73 Å². The van der Waals surface area contributed by atoms with Gasteiger partial charge in [0.2, 0.25) is 0 Å². The van der Waals surface area contributed by atoms with Gasteiger partial charge in [-0.05, 0) is 12.8 Å². The zero-order valence-corrected chi connectivity index (χ0v) is 5.85. The molecule has 0 aliphatic carbocycles. The minimum absolute atomic E-state index is 0.114. The molecule has 0 spiro atoms. The van der Waals surface area contributed by atoms with Gasteiger partial charge in [0.1, 0.15) is 6.23 Å². The molecule has 0 saturated carbocycles. The van der Waals surface area contributed by atoms with Crippen molar-refractivity contribution in [2.75, 3.05) is 6.61 Å². The smallest absolute Gasteiger partial charge is 0.102 e. The number of hydrogen-bond acceptors (Lipinski definition) is 2. The summed E-state index contributed by atoms with van der Waals surface area (Å²) in [6.07, 6.45) is -0.114. The SMILES string of the molecule is CC(C)COC(C)N. The molecular weight excluding hydrogens is 102 g/mol. The maximum atomic E-state index is 5.32. The maximum absolute atomic E-state index is 5.32. The van der Waals surface area contributed by atoms with E-state index in [2.05, 4.69) is 13.8 Å². The van der Waals surface area contributed by atoms with E-state index >= 15 is 0 Å². The molecule has 0 aliphatic rings. The molecule has 8 heavy (non-hydrogen) atoms. The lowest BCUT2D eigenvalue weighted by Gasteiger charge is -2.08. The second-order valence-electron chi connectivity index (χ2n) is 2.43. The van der Waals surface area contributed by atoms with Crippen LogP contribution in [-0.4, -0.2) is 12.8 Å². The Hall–Kier alpha value is -0.0800. The summed E-state index contributed by atoms with van der Waals surface area (Å²) in [5.74, 6) is 0.584. The fourth-order valence-electron chi connectivity index (χ4n) is 0.344. The third kappa shape index (κ3) is 5.92. The van der Waals surface area contributed by atoms with E-state index in [4.69, 9.17) is 10.5 Å². The number of hydrogen-bond donors (Lipinski definition) is 1. The largest absolute Gasteiger partial charge is 0.364 e. The van der Waals surface area contributed by atoms with Crippen molar-refractivity contribution in [1.29, 1.82) is 0 Å². The van der Waals surface area contributed by atoms with Crippen LogP contribution >= 0.6 is 0 Å². The predicted molar refractivity (Wildman–Crippen MR) is 34.4 cm³/mol. The Kier molecular flexibility index (Phi) is 3.83. The molecule has 0 fully saturated rings. The van der Waals surface area contributed by atoms with Gasteiger partial charge in [-0.25, -0.2) is 0 Å². The van der Waals surface area contributed by atoms with Crippen molar-refractivity contribution in [3.05, 3.63) is 0 Å². The first-order valence-corrected chi connectivity index (χ1v) is 3.00. The van der Waals surface area contributed by atoms with Crippen molar-refractivity contribution in [3.8, 4) is 0 Å². The summed E-state index contributed by atoms with van der Waals surface area (Å²) >= 11 is 0. The van der Waals surface area contributed by atoms with Crippen LogP contribution in [0, 0.1) is 5.92 Å². The summed E-state index contributed by atoms with van der Waals surface area (Å²) in [7, 11) is 0. The minimum atomic E-state index is -0.114. The van der Waals surface area contributed by atoms with Crippen molar-refractivity contribution < 1.29 is 4.74 Å². The summed E-state index contributed by atoms with van der Waals surface area (Å²) in [5.41, 5.74) is 5.32. The van der Waals surface area contributed by atoms with Crippen LogP contribution in [0.5, 0.6) is 0 Å². The molecule has 50 valence electrons. The molecule has 0 heterocycles. The van der Waals surface area contributed by atoms with Crippen LogP contribution in [0.25, 0.3) is 0 Å². The third-order valence-electron chi connectivity index (χ3n) is 0.692. The van der Waals surface area contributed by atoms with Gasteiger partial charge in [0.25, 0.3) is 0 Å². The van der Waals surface area contributed by atoms with Crippen molar-refractivity contribution in [1.82, 2.24) is 0 Å². The Labute approximate surface area is 51.0 Å². The topological polar surface area (TPSA) is 35.2 Å². The zero-order valence-electron chi connectivity index (χ0n) is 5.85. The van der Waals surface area contributed by atoms with Crippen LogP contribution in [0.15, 0.2) is 0 Å². The van der Waals surface area contributed by atoms with Gasteiger partial charge in [-0.15, -0.1) is 0 Å². The van der Waals surface area contributed by atoms with E-state index in [0.717, 1.165) is 6.61 Å². The van der Waals surface area contributed by atoms with Gasteiger partial charge in [0.05, 0.1) is 6.61 Å². The molecule has 0 aromatic rings. The lowest BCUT2D eigenvalue weighted by molar-refractivity contribution is 0.0518. The Bertz CT molecular complexity index is 44.5. The molecule has 0 saturated heterocycles. The van der Waals surface area contributed by atoms with E-state index in [-0.39, 0.29) is 6.23 Å². The van der Waals surface area contributed by atoms with Crippen molar-refractivity contribution in [2.24, 2.45) is 11.7 Å². The van der Waals surface area contributed by atoms with Gasteiger partial charge in [0.15, 0.2) is 0 Å². The van der Waals surface area contributed by atoms with E-state index in [1.54, 1.807) is 0 Å². The molecule has 0 amide bonds. The molecule has 0 bridgehead atoms. The predicted octanol–water partition coefficient (Wildman–Crippen LogP) is 0.964. The van der Waals surface area contributed by atoms with Crippen LogP contribution in [0.2, 0.25) is 0 Å². The lowest BCUT2D eigenvalue weighted by atomic mass is 10.2. The normalized spacial score (nSPS) is 14.6. The molecule has 0 aromatic carbocycles.